The van der Waals surface area contributed by atoms with Gasteiger partial charge in [-0.25, -0.2) is 23.5 Å². The first kappa shape index (κ1) is 20.4. The number of alkyl halides is 2. The summed E-state index contributed by atoms with van der Waals surface area (Å²) in [4.78, 5) is 28.6. The van der Waals surface area contributed by atoms with E-state index in [0.29, 0.717) is 29.4 Å². The van der Waals surface area contributed by atoms with Gasteiger partial charge in [-0.05, 0) is 13.0 Å². The van der Waals surface area contributed by atoms with Crippen LogP contribution in [0.4, 0.5) is 25.1 Å². The summed E-state index contributed by atoms with van der Waals surface area (Å²) in [7, 11) is 0. The molecule has 0 saturated carbocycles. The summed E-state index contributed by atoms with van der Waals surface area (Å²) in [6.07, 6.45) is -2.26. The number of carbonyl (C=O) groups excluding carboxylic acids is 2. The van der Waals surface area contributed by atoms with Crippen molar-refractivity contribution in [1.82, 2.24) is 9.55 Å². The topological polar surface area (TPSA) is 136 Å². The normalized spacial score (nSPS) is 18.4. The number of rotatable bonds is 5. The summed E-state index contributed by atoms with van der Waals surface area (Å²) in [6, 6.07) is 3.05. The molecule has 2 amide bonds. The second-order valence-corrected chi connectivity index (χ2v) is 7.09. The fourth-order valence-corrected chi connectivity index (χ4v) is 3.48. The van der Waals surface area contributed by atoms with E-state index in [9.17, 15) is 23.6 Å². The van der Waals surface area contributed by atoms with E-state index in [1.807, 2.05) is 0 Å². The van der Waals surface area contributed by atoms with Gasteiger partial charge >= 0.3 is 6.09 Å². The van der Waals surface area contributed by atoms with E-state index in [4.69, 9.17) is 15.2 Å². The number of nitrogens with zero attached hydrogens (tertiary/aromatic N) is 4. The van der Waals surface area contributed by atoms with Crippen LogP contribution in [-0.2, 0) is 16.1 Å². The van der Waals surface area contributed by atoms with Crippen molar-refractivity contribution < 1.29 is 27.8 Å². The van der Waals surface area contributed by atoms with Crippen LogP contribution in [0.15, 0.2) is 18.3 Å². The molecule has 0 spiro atoms. The van der Waals surface area contributed by atoms with Crippen LogP contribution >= 0.6 is 0 Å². The van der Waals surface area contributed by atoms with Crippen molar-refractivity contribution in [2.75, 3.05) is 23.4 Å². The zero-order chi connectivity index (χ0) is 22.3. The van der Waals surface area contributed by atoms with Gasteiger partial charge in [0.05, 0.1) is 17.7 Å². The molecule has 0 aliphatic carbocycles. The number of amides is 2. The lowest BCUT2D eigenvalue weighted by atomic mass is 10.0. The van der Waals surface area contributed by atoms with Gasteiger partial charge in [0.15, 0.2) is 5.82 Å². The number of ether oxygens (including phenoxy) is 2. The number of aromatic nitrogens is 2. The summed E-state index contributed by atoms with van der Waals surface area (Å²) in [5.41, 5.74) is 6.26. The van der Waals surface area contributed by atoms with Crippen LogP contribution in [0.1, 0.15) is 12.5 Å². The summed E-state index contributed by atoms with van der Waals surface area (Å²) in [6.45, 7) is 1.66. The van der Waals surface area contributed by atoms with Gasteiger partial charge in [-0.2, -0.15) is 5.26 Å². The van der Waals surface area contributed by atoms with Crippen molar-refractivity contribution in [3.8, 4) is 23.2 Å². The van der Waals surface area contributed by atoms with Crippen molar-refractivity contribution >= 4 is 23.5 Å². The van der Waals surface area contributed by atoms with E-state index in [-0.39, 0.29) is 18.0 Å². The average Bonchev–Trinajstić information content (AvgIpc) is 3.26. The Labute approximate surface area is 175 Å². The molecule has 1 aromatic heterocycles. The standard InChI is InChI=1S/C19H18F2N6O4/c1-9(17(23)28)24-11-4-10(6-22)15-13(5-11)30-3-2-26-7-14(25-18(15)26)27-12(16(20)21)8-31-19(27)29/h4-5,7,9,12,16,24H,2-3,8H2,1H3,(H2,23,28)/t9-,12?/m0/s1. The molecule has 1 aromatic carbocycles. The molecule has 2 atom stereocenters. The van der Waals surface area contributed by atoms with E-state index in [1.165, 1.54) is 12.3 Å². The van der Waals surface area contributed by atoms with Crippen LogP contribution < -0.4 is 20.7 Å². The third-order valence-corrected chi connectivity index (χ3v) is 5.05. The Balaban J connectivity index is 1.78. The third kappa shape index (κ3) is 3.58. The molecule has 0 radical (unpaired) electrons. The minimum Gasteiger partial charge on any atom is -0.491 e. The number of imidazole rings is 1. The Kier molecular flexibility index (Phi) is 5.10. The molecular weight excluding hydrogens is 414 g/mol. The maximum atomic E-state index is 13.3. The van der Waals surface area contributed by atoms with Crippen molar-refractivity contribution in [2.24, 2.45) is 5.73 Å². The number of nitrogens with two attached hydrogens (primary N) is 1. The molecule has 10 nitrogen and oxygen atoms in total. The van der Waals surface area contributed by atoms with Crippen LogP contribution in [0.5, 0.6) is 5.75 Å². The molecule has 31 heavy (non-hydrogen) atoms. The van der Waals surface area contributed by atoms with Crippen molar-refractivity contribution in [3.63, 3.8) is 0 Å². The van der Waals surface area contributed by atoms with Gasteiger partial charge < -0.3 is 25.1 Å². The highest BCUT2D eigenvalue weighted by Crippen LogP contribution is 2.39. The second-order valence-electron chi connectivity index (χ2n) is 7.09. The number of hydrogen-bond donors (Lipinski definition) is 2. The van der Waals surface area contributed by atoms with E-state index < -0.39 is 37.1 Å². The number of hydrogen-bond acceptors (Lipinski definition) is 7. The first-order valence-electron chi connectivity index (χ1n) is 9.38. The van der Waals surface area contributed by atoms with Gasteiger partial charge in [-0.3, -0.25) is 4.79 Å². The molecule has 2 aromatic rings. The molecule has 3 heterocycles. The van der Waals surface area contributed by atoms with Gasteiger partial charge in [0.1, 0.15) is 42.9 Å². The number of benzene rings is 1. The van der Waals surface area contributed by atoms with E-state index in [0.717, 1.165) is 4.90 Å². The first-order valence-corrected chi connectivity index (χ1v) is 9.38. The molecule has 1 unspecified atom stereocenters. The first-order chi connectivity index (χ1) is 14.8. The number of cyclic esters (lactones) is 1. The van der Waals surface area contributed by atoms with Crippen molar-refractivity contribution in [1.29, 1.82) is 5.26 Å². The minimum absolute atomic E-state index is 0.00379. The van der Waals surface area contributed by atoms with Crippen LogP contribution in [0.3, 0.4) is 0 Å². The number of carbonyl (C=O) groups is 2. The lowest BCUT2D eigenvalue weighted by Gasteiger charge is -2.18. The predicted molar refractivity (Wildman–Crippen MR) is 104 cm³/mol. The summed E-state index contributed by atoms with van der Waals surface area (Å²) in [5, 5.41) is 12.6. The molecule has 162 valence electrons. The number of nitriles is 1. The van der Waals surface area contributed by atoms with Crippen LogP contribution in [0, 0.1) is 11.3 Å². The second kappa shape index (κ2) is 7.75. The van der Waals surface area contributed by atoms with E-state index in [1.54, 1.807) is 17.6 Å². The molecule has 1 saturated heterocycles. The Morgan fingerprint density at radius 1 is 1.42 bits per heavy atom. The van der Waals surface area contributed by atoms with Gasteiger partial charge in [-0.1, -0.05) is 0 Å². The monoisotopic (exact) mass is 432 g/mol. The van der Waals surface area contributed by atoms with Crippen molar-refractivity contribution in [2.45, 2.75) is 32.0 Å². The molecule has 2 aliphatic heterocycles. The zero-order valence-corrected chi connectivity index (χ0v) is 16.3. The highest BCUT2D eigenvalue weighted by molar-refractivity contribution is 5.90. The van der Waals surface area contributed by atoms with E-state index in [2.05, 4.69) is 16.4 Å². The Hall–Kier alpha value is -3.88. The quantitative estimate of drug-likeness (QED) is 0.734. The van der Waals surface area contributed by atoms with Crippen LogP contribution in [-0.4, -0.2) is 53.3 Å². The largest absolute Gasteiger partial charge is 0.491 e. The van der Waals surface area contributed by atoms with Gasteiger partial charge in [0, 0.05) is 18.0 Å². The number of primary amides is 1. The lowest BCUT2D eigenvalue weighted by molar-refractivity contribution is -0.118. The SMILES string of the molecule is C[C@H](Nc1cc(C#N)c2c(c1)OCCn1cc(N3C(=O)OCC3C(F)F)nc1-2)C(N)=O. The van der Waals surface area contributed by atoms with Gasteiger partial charge in [-0.15, -0.1) is 0 Å². The number of fused-ring (bicyclic) bond motifs is 3. The molecule has 12 heteroatoms. The lowest BCUT2D eigenvalue weighted by Crippen LogP contribution is -2.38. The minimum atomic E-state index is -2.81. The molecule has 0 bridgehead atoms. The van der Waals surface area contributed by atoms with Crippen LogP contribution in [0.2, 0.25) is 0 Å². The zero-order valence-electron chi connectivity index (χ0n) is 16.3. The fourth-order valence-electron chi connectivity index (χ4n) is 3.48. The average molecular weight is 432 g/mol. The van der Waals surface area contributed by atoms with Gasteiger partial charge in [0.2, 0.25) is 5.91 Å². The summed E-state index contributed by atoms with van der Waals surface area (Å²) >= 11 is 0. The van der Waals surface area contributed by atoms with E-state index >= 15 is 0 Å². The Bertz CT molecular complexity index is 1100. The summed E-state index contributed by atoms with van der Waals surface area (Å²) in [5.74, 6) is 0.0505. The molecule has 3 N–H and O–H groups in total. The Morgan fingerprint density at radius 3 is 2.87 bits per heavy atom. The van der Waals surface area contributed by atoms with Crippen molar-refractivity contribution in [3.05, 3.63) is 23.9 Å². The Morgan fingerprint density at radius 2 is 2.19 bits per heavy atom. The molecular formula is C19H18F2N6O4. The molecule has 4 rings (SSSR count). The highest BCUT2D eigenvalue weighted by Gasteiger charge is 2.42. The fraction of sp³-hybridized carbons (Fsp3) is 0.368. The number of nitrogens with one attached hydrogen (secondary N) is 1. The highest BCUT2D eigenvalue weighted by atomic mass is 19.3. The number of anilines is 2. The smallest absolute Gasteiger partial charge is 0.416 e. The predicted octanol–water partition coefficient (Wildman–Crippen LogP) is 1.69. The maximum Gasteiger partial charge on any atom is 0.416 e. The van der Waals surface area contributed by atoms with Crippen LogP contribution in [0.25, 0.3) is 11.4 Å². The maximum absolute atomic E-state index is 13.3. The summed E-state index contributed by atoms with van der Waals surface area (Å²) < 4.78 is 38.9. The molecule has 1 fully saturated rings. The third-order valence-electron chi connectivity index (χ3n) is 5.05. The van der Waals surface area contributed by atoms with Gasteiger partial charge in [0.25, 0.3) is 6.43 Å². The number of halogens is 2. The molecule has 2 aliphatic rings.